The van der Waals surface area contributed by atoms with Gasteiger partial charge < -0.3 is 10.6 Å². The molecule has 1 aliphatic rings. The maximum Gasteiger partial charge on any atom is 0.417 e. The van der Waals surface area contributed by atoms with Crippen molar-refractivity contribution < 1.29 is 22.8 Å². The lowest BCUT2D eigenvalue weighted by Crippen LogP contribution is -2.29. The highest BCUT2D eigenvalue weighted by molar-refractivity contribution is 6.38. The fourth-order valence-electron chi connectivity index (χ4n) is 2.95. The van der Waals surface area contributed by atoms with Gasteiger partial charge in [0.25, 0.3) is 5.91 Å². The fourth-order valence-corrected chi connectivity index (χ4v) is 3.09. The Kier molecular flexibility index (Phi) is 5.78. The molecule has 0 aromatic carbocycles. The van der Waals surface area contributed by atoms with Crippen LogP contribution >= 0.6 is 11.6 Å². The summed E-state index contributed by atoms with van der Waals surface area (Å²) in [5, 5.41) is 9.37. The largest absolute Gasteiger partial charge is 0.417 e. The molecule has 9 nitrogen and oxygen atoms in total. The van der Waals surface area contributed by atoms with Gasteiger partial charge in [-0.2, -0.15) is 23.0 Å². The Bertz CT molecular complexity index is 1190. The van der Waals surface area contributed by atoms with E-state index < -0.39 is 28.6 Å². The summed E-state index contributed by atoms with van der Waals surface area (Å²) in [7, 11) is 0. The second-order valence-corrected chi connectivity index (χ2v) is 8.23. The molecule has 4 rings (SSSR count). The first-order valence-electron chi connectivity index (χ1n) is 9.77. The first-order valence-corrected chi connectivity index (χ1v) is 10.1. The van der Waals surface area contributed by atoms with Gasteiger partial charge in [-0.05, 0) is 38.0 Å². The van der Waals surface area contributed by atoms with Crippen LogP contribution in [-0.2, 0) is 11.0 Å². The number of hydrogen-bond donors (Lipinski definition) is 2. The van der Waals surface area contributed by atoms with E-state index in [2.05, 4.69) is 30.7 Å². The Morgan fingerprint density at radius 3 is 2.58 bits per heavy atom. The topological polar surface area (TPSA) is 115 Å². The standard InChI is InChI=1S/C20H17ClF3N7O2/c1-11(29-17(32)12-6-13(8-25-7-12)20(22,23)24)16-27-10-28-31(16)15-3-2-14(9-26-15)30-18(33)19(21)4-5-19/h2-3,6-11H,4-5H2,1H3,(H,29,32)(H,30,33). The van der Waals surface area contributed by atoms with E-state index in [1.165, 1.54) is 17.2 Å². The Morgan fingerprint density at radius 2 is 1.94 bits per heavy atom. The second-order valence-electron chi connectivity index (χ2n) is 7.51. The average Bonchev–Trinajstić information content (AvgIpc) is 3.34. The predicted octanol–water partition coefficient (Wildman–Crippen LogP) is 3.28. The average molecular weight is 480 g/mol. The van der Waals surface area contributed by atoms with Crippen LogP contribution in [-0.4, -0.2) is 41.4 Å². The van der Waals surface area contributed by atoms with Gasteiger partial charge in [-0.15, -0.1) is 11.6 Å². The number of nitrogens with zero attached hydrogens (tertiary/aromatic N) is 5. The maximum atomic E-state index is 12.9. The third-order valence-corrected chi connectivity index (χ3v) is 5.51. The van der Waals surface area contributed by atoms with Crippen molar-refractivity contribution >= 4 is 29.1 Å². The molecule has 2 N–H and O–H groups in total. The minimum atomic E-state index is -4.62. The Morgan fingerprint density at radius 1 is 1.18 bits per heavy atom. The first kappa shape index (κ1) is 22.6. The summed E-state index contributed by atoms with van der Waals surface area (Å²) in [4.78, 5) is 35.5. The Hall–Kier alpha value is -3.54. The van der Waals surface area contributed by atoms with Gasteiger partial charge in [-0.1, -0.05) is 0 Å². The second kappa shape index (κ2) is 8.43. The third kappa shape index (κ3) is 4.95. The lowest BCUT2D eigenvalue weighted by molar-refractivity contribution is -0.137. The molecule has 0 spiro atoms. The van der Waals surface area contributed by atoms with Crippen LogP contribution in [0.4, 0.5) is 18.9 Å². The van der Waals surface area contributed by atoms with Crippen molar-refractivity contribution in [3.8, 4) is 5.82 Å². The predicted molar refractivity (Wildman–Crippen MR) is 111 cm³/mol. The van der Waals surface area contributed by atoms with E-state index in [4.69, 9.17) is 11.6 Å². The highest BCUT2D eigenvalue weighted by Gasteiger charge is 2.48. The monoisotopic (exact) mass is 479 g/mol. The number of halogens is 4. The molecule has 33 heavy (non-hydrogen) atoms. The van der Waals surface area contributed by atoms with Crippen molar-refractivity contribution in [3.05, 3.63) is 60.1 Å². The molecule has 3 aromatic rings. The summed E-state index contributed by atoms with van der Waals surface area (Å²) >= 11 is 6.08. The SMILES string of the molecule is CC(NC(=O)c1cncc(C(F)(F)F)c1)c1ncnn1-c1ccc(NC(=O)C2(Cl)CC2)cn1. The number of alkyl halides is 4. The molecule has 1 saturated carbocycles. The molecule has 1 atom stereocenters. The van der Waals surface area contributed by atoms with Crippen LogP contribution in [0.2, 0.25) is 0 Å². The molecular formula is C20H17ClF3N7O2. The number of pyridine rings is 2. The van der Waals surface area contributed by atoms with Crippen LogP contribution in [0, 0.1) is 0 Å². The molecule has 3 heterocycles. The van der Waals surface area contributed by atoms with Crippen molar-refractivity contribution in [1.29, 1.82) is 0 Å². The molecule has 13 heteroatoms. The van der Waals surface area contributed by atoms with Crippen LogP contribution in [0.15, 0.2) is 43.1 Å². The molecule has 172 valence electrons. The van der Waals surface area contributed by atoms with Crippen LogP contribution in [0.3, 0.4) is 0 Å². The summed E-state index contributed by atoms with van der Waals surface area (Å²) in [5.74, 6) is -0.392. The van der Waals surface area contributed by atoms with Crippen molar-refractivity contribution in [1.82, 2.24) is 30.0 Å². The lowest BCUT2D eigenvalue weighted by Gasteiger charge is -2.15. The van der Waals surface area contributed by atoms with Crippen LogP contribution < -0.4 is 10.6 Å². The zero-order chi connectivity index (χ0) is 23.8. The van der Waals surface area contributed by atoms with Crippen molar-refractivity contribution in [3.63, 3.8) is 0 Å². The normalized spacial score (nSPS) is 15.5. The summed E-state index contributed by atoms with van der Waals surface area (Å²) in [6, 6.07) is 3.21. The number of rotatable bonds is 6. The smallest absolute Gasteiger partial charge is 0.342 e. The van der Waals surface area contributed by atoms with E-state index in [0.29, 0.717) is 36.4 Å². The summed E-state index contributed by atoms with van der Waals surface area (Å²) in [6.07, 6.45) is 0.998. The molecule has 0 bridgehead atoms. The minimum absolute atomic E-state index is 0.242. The highest BCUT2D eigenvalue weighted by Crippen LogP contribution is 2.43. The number of aromatic nitrogens is 5. The minimum Gasteiger partial charge on any atom is -0.342 e. The number of hydrogen-bond acceptors (Lipinski definition) is 6. The summed E-state index contributed by atoms with van der Waals surface area (Å²) in [5.41, 5.74) is -0.812. The summed E-state index contributed by atoms with van der Waals surface area (Å²) < 4.78 is 40.0. The van der Waals surface area contributed by atoms with E-state index in [9.17, 15) is 22.8 Å². The van der Waals surface area contributed by atoms with Gasteiger partial charge in [0.2, 0.25) is 5.91 Å². The molecule has 0 saturated heterocycles. The molecule has 3 aromatic heterocycles. The van der Waals surface area contributed by atoms with Crippen molar-refractivity contribution in [2.24, 2.45) is 0 Å². The quantitative estimate of drug-likeness (QED) is 0.524. The van der Waals surface area contributed by atoms with Crippen LogP contribution in [0.1, 0.15) is 47.6 Å². The van der Waals surface area contributed by atoms with Gasteiger partial charge >= 0.3 is 6.18 Å². The molecule has 0 radical (unpaired) electrons. The number of carbonyl (C=O) groups is 2. The molecule has 1 fully saturated rings. The van der Waals surface area contributed by atoms with E-state index in [1.54, 1.807) is 19.1 Å². The van der Waals surface area contributed by atoms with E-state index >= 15 is 0 Å². The lowest BCUT2D eigenvalue weighted by atomic mass is 10.2. The zero-order valence-electron chi connectivity index (χ0n) is 17.1. The van der Waals surface area contributed by atoms with E-state index in [1.807, 2.05) is 0 Å². The molecule has 1 unspecified atom stereocenters. The van der Waals surface area contributed by atoms with Gasteiger partial charge in [0.15, 0.2) is 11.6 Å². The summed E-state index contributed by atoms with van der Waals surface area (Å²) in [6.45, 7) is 1.60. The Labute approximate surface area is 190 Å². The van der Waals surface area contributed by atoms with E-state index in [-0.39, 0.29) is 11.5 Å². The Balaban J connectivity index is 1.47. The van der Waals surface area contributed by atoms with Gasteiger partial charge in [-0.3, -0.25) is 14.6 Å². The molecule has 1 aliphatic carbocycles. The highest BCUT2D eigenvalue weighted by atomic mass is 35.5. The fraction of sp³-hybridized carbons (Fsp3) is 0.300. The van der Waals surface area contributed by atoms with E-state index in [0.717, 1.165) is 12.3 Å². The first-order chi connectivity index (χ1) is 15.6. The number of carbonyl (C=O) groups excluding carboxylic acids is 2. The number of amides is 2. The van der Waals surface area contributed by atoms with Crippen LogP contribution in [0.5, 0.6) is 0 Å². The molecule has 0 aliphatic heterocycles. The van der Waals surface area contributed by atoms with Crippen LogP contribution in [0.25, 0.3) is 5.82 Å². The van der Waals surface area contributed by atoms with Crippen molar-refractivity contribution in [2.75, 3.05) is 5.32 Å². The maximum absolute atomic E-state index is 12.9. The van der Waals surface area contributed by atoms with Gasteiger partial charge in [-0.25, -0.2) is 9.97 Å². The number of anilines is 1. The molecule has 2 amide bonds. The van der Waals surface area contributed by atoms with Gasteiger partial charge in [0.05, 0.1) is 29.1 Å². The van der Waals surface area contributed by atoms with Gasteiger partial charge in [0, 0.05) is 12.4 Å². The molecular weight excluding hydrogens is 463 g/mol. The zero-order valence-corrected chi connectivity index (χ0v) is 17.9. The third-order valence-electron chi connectivity index (χ3n) is 4.96. The number of nitrogens with one attached hydrogen (secondary N) is 2. The van der Waals surface area contributed by atoms with Crippen molar-refractivity contribution in [2.45, 2.75) is 36.9 Å². The van der Waals surface area contributed by atoms with Gasteiger partial charge in [0.1, 0.15) is 11.2 Å².